The highest BCUT2D eigenvalue weighted by molar-refractivity contribution is 6.01. The van der Waals surface area contributed by atoms with E-state index in [1.165, 1.54) is 0 Å². The Kier molecular flexibility index (Phi) is 5.20. The minimum absolute atomic E-state index is 0.0179. The van der Waals surface area contributed by atoms with Gasteiger partial charge in [-0.15, -0.1) is 0 Å². The van der Waals surface area contributed by atoms with Gasteiger partial charge in [-0.25, -0.2) is 4.98 Å². The van der Waals surface area contributed by atoms with Gasteiger partial charge in [-0.2, -0.15) is 0 Å². The lowest BCUT2D eigenvalue weighted by atomic mass is 9.95. The first-order chi connectivity index (χ1) is 13.6. The van der Waals surface area contributed by atoms with E-state index in [0.29, 0.717) is 18.9 Å². The van der Waals surface area contributed by atoms with Crippen molar-refractivity contribution in [3.8, 4) is 0 Å². The Bertz CT molecular complexity index is 867. The largest absolute Gasteiger partial charge is 0.341 e. The Morgan fingerprint density at radius 2 is 1.96 bits per heavy atom. The molecule has 1 atom stereocenters. The maximum atomic E-state index is 13.2. The molecule has 1 fully saturated rings. The maximum Gasteiger partial charge on any atom is 0.255 e. The number of aromatic nitrogens is 2. The molecule has 1 aromatic carbocycles. The molecule has 2 aliphatic heterocycles. The molecule has 28 heavy (non-hydrogen) atoms. The number of amides is 2. The van der Waals surface area contributed by atoms with Gasteiger partial charge in [0.15, 0.2) is 0 Å². The lowest BCUT2D eigenvalue weighted by Crippen LogP contribution is -2.50. The number of piperidine rings is 1. The van der Waals surface area contributed by atoms with Crippen LogP contribution in [0.5, 0.6) is 0 Å². The van der Waals surface area contributed by atoms with Crippen LogP contribution in [0.15, 0.2) is 36.7 Å². The third-order valence-corrected chi connectivity index (χ3v) is 6.16. The molecule has 0 bridgehead atoms. The molecular weight excluding hydrogens is 352 g/mol. The molecule has 2 amide bonds. The summed E-state index contributed by atoms with van der Waals surface area (Å²) in [6, 6.07) is 7.29. The zero-order chi connectivity index (χ0) is 19.7. The highest BCUT2D eigenvalue weighted by atomic mass is 16.2. The first-order valence-corrected chi connectivity index (χ1v) is 10.3. The molecule has 0 spiro atoms. The van der Waals surface area contributed by atoms with E-state index < -0.39 is 0 Å². The molecule has 0 radical (unpaired) electrons. The van der Waals surface area contributed by atoms with Crippen molar-refractivity contribution in [1.29, 1.82) is 0 Å². The fourth-order valence-corrected chi connectivity index (χ4v) is 4.57. The van der Waals surface area contributed by atoms with E-state index in [1.54, 1.807) is 4.90 Å². The van der Waals surface area contributed by atoms with Crippen LogP contribution in [0.1, 0.15) is 60.8 Å². The predicted molar refractivity (Wildman–Crippen MR) is 107 cm³/mol. The SMILES string of the molecule is CC[C@H](C(=O)N1CCC(c2nccn2CC)CC1)N1Cc2ccccc2C1=O. The van der Waals surface area contributed by atoms with E-state index >= 15 is 0 Å². The van der Waals surface area contributed by atoms with E-state index in [-0.39, 0.29) is 17.9 Å². The summed E-state index contributed by atoms with van der Waals surface area (Å²) < 4.78 is 2.19. The fourth-order valence-electron chi connectivity index (χ4n) is 4.57. The summed E-state index contributed by atoms with van der Waals surface area (Å²) in [4.78, 5) is 34.3. The van der Waals surface area contributed by atoms with Gasteiger partial charge in [-0.05, 0) is 37.8 Å². The van der Waals surface area contributed by atoms with Gasteiger partial charge in [0.2, 0.25) is 5.91 Å². The van der Waals surface area contributed by atoms with Gasteiger partial charge in [0, 0.05) is 50.1 Å². The average molecular weight is 380 g/mol. The van der Waals surface area contributed by atoms with E-state index in [4.69, 9.17) is 0 Å². The lowest BCUT2D eigenvalue weighted by molar-refractivity contribution is -0.137. The Balaban J connectivity index is 1.42. The minimum Gasteiger partial charge on any atom is -0.341 e. The van der Waals surface area contributed by atoms with Gasteiger partial charge in [0.1, 0.15) is 11.9 Å². The smallest absolute Gasteiger partial charge is 0.255 e. The summed E-state index contributed by atoms with van der Waals surface area (Å²) in [6.07, 6.45) is 6.37. The standard InChI is InChI=1S/C22H28N4O2/c1-3-19(26-15-17-7-5-6-8-18(17)21(26)27)22(28)25-12-9-16(10-13-25)20-23-11-14-24(20)4-2/h5-8,11,14,16,19H,3-4,9-10,12-13,15H2,1-2H3/t19-/m1/s1. The number of rotatable bonds is 5. The quantitative estimate of drug-likeness (QED) is 0.801. The van der Waals surface area contributed by atoms with Gasteiger partial charge >= 0.3 is 0 Å². The first-order valence-electron chi connectivity index (χ1n) is 10.3. The van der Waals surface area contributed by atoms with Crippen molar-refractivity contribution >= 4 is 11.8 Å². The fraction of sp³-hybridized carbons (Fsp3) is 0.500. The number of hydrogen-bond acceptors (Lipinski definition) is 3. The number of nitrogens with zero attached hydrogens (tertiary/aromatic N) is 4. The molecule has 3 heterocycles. The molecule has 6 nitrogen and oxygen atoms in total. The van der Waals surface area contributed by atoms with Crippen molar-refractivity contribution in [3.05, 3.63) is 53.6 Å². The van der Waals surface area contributed by atoms with Crippen molar-refractivity contribution in [2.45, 2.75) is 58.2 Å². The molecule has 148 valence electrons. The van der Waals surface area contributed by atoms with Crippen LogP contribution < -0.4 is 0 Å². The van der Waals surface area contributed by atoms with Gasteiger partial charge in [0.05, 0.1) is 0 Å². The Labute approximate surface area is 166 Å². The summed E-state index contributed by atoms with van der Waals surface area (Å²) in [5.41, 5.74) is 1.75. The van der Waals surface area contributed by atoms with Crippen LogP contribution in [0.4, 0.5) is 0 Å². The van der Waals surface area contributed by atoms with Crippen LogP contribution in [-0.4, -0.2) is 50.3 Å². The number of imidazole rings is 1. The molecule has 0 N–H and O–H groups in total. The van der Waals surface area contributed by atoms with E-state index in [9.17, 15) is 9.59 Å². The second kappa shape index (κ2) is 7.78. The number of likely N-dealkylation sites (tertiary alicyclic amines) is 1. The second-order valence-corrected chi connectivity index (χ2v) is 7.69. The number of benzene rings is 1. The van der Waals surface area contributed by atoms with Gasteiger partial charge in [0.25, 0.3) is 5.91 Å². The summed E-state index contributed by atoms with van der Waals surface area (Å²) in [5.74, 6) is 1.60. The van der Waals surface area contributed by atoms with Crippen LogP contribution in [0, 0.1) is 0 Å². The summed E-state index contributed by atoms with van der Waals surface area (Å²) in [5, 5.41) is 0. The Morgan fingerprint density at radius 3 is 2.64 bits per heavy atom. The molecule has 4 rings (SSSR count). The highest BCUT2D eigenvalue weighted by Crippen LogP contribution is 2.30. The topological polar surface area (TPSA) is 58.4 Å². The highest BCUT2D eigenvalue weighted by Gasteiger charge is 2.38. The number of carbonyl (C=O) groups is 2. The van der Waals surface area contributed by atoms with Crippen molar-refractivity contribution in [2.24, 2.45) is 0 Å². The van der Waals surface area contributed by atoms with Crippen LogP contribution in [0.3, 0.4) is 0 Å². The molecular formula is C22H28N4O2. The lowest BCUT2D eigenvalue weighted by Gasteiger charge is -2.36. The normalized spacial score (nSPS) is 18.4. The first kappa shape index (κ1) is 18.7. The molecule has 0 unspecified atom stereocenters. The van der Waals surface area contributed by atoms with Crippen molar-refractivity contribution in [2.75, 3.05) is 13.1 Å². The van der Waals surface area contributed by atoms with E-state index in [1.807, 2.05) is 48.5 Å². The Hall–Kier alpha value is -2.63. The van der Waals surface area contributed by atoms with Crippen molar-refractivity contribution < 1.29 is 9.59 Å². The monoisotopic (exact) mass is 380 g/mol. The van der Waals surface area contributed by atoms with Gasteiger partial charge in [-0.3, -0.25) is 9.59 Å². The number of aryl methyl sites for hydroxylation is 1. The van der Waals surface area contributed by atoms with Crippen molar-refractivity contribution in [3.63, 3.8) is 0 Å². The van der Waals surface area contributed by atoms with Crippen LogP contribution in [0.25, 0.3) is 0 Å². The molecule has 0 aliphatic carbocycles. The zero-order valence-corrected chi connectivity index (χ0v) is 16.7. The van der Waals surface area contributed by atoms with Crippen LogP contribution in [0.2, 0.25) is 0 Å². The van der Waals surface area contributed by atoms with Crippen molar-refractivity contribution in [1.82, 2.24) is 19.4 Å². The number of fused-ring (bicyclic) bond motifs is 1. The predicted octanol–water partition coefficient (Wildman–Crippen LogP) is 3.04. The third-order valence-electron chi connectivity index (χ3n) is 6.16. The Morgan fingerprint density at radius 1 is 1.21 bits per heavy atom. The molecule has 6 heteroatoms. The molecule has 2 aromatic rings. The second-order valence-electron chi connectivity index (χ2n) is 7.69. The van der Waals surface area contributed by atoms with Crippen LogP contribution >= 0.6 is 0 Å². The molecule has 1 saturated heterocycles. The molecule has 2 aliphatic rings. The zero-order valence-electron chi connectivity index (χ0n) is 16.7. The third kappa shape index (κ3) is 3.21. The molecule has 1 aromatic heterocycles. The number of carbonyl (C=O) groups excluding carboxylic acids is 2. The van der Waals surface area contributed by atoms with Gasteiger partial charge < -0.3 is 14.4 Å². The van der Waals surface area contributed by atoms with Crippen LogP contribution in [-0.2, 0) is 17.9 Å². The summed E-state index contributed by atoms with van der Waals surface area (Å²) in [7, 11) is 0. The van der Waals surface area contributed by atoms with Gasteiger partial charge in [-0.1, -0.05) is 25.1 Å². The summed E-state index contributed by atoms with van der Waals surface area (Å²) in [6.45, 7) is 7.02. The van der Waals surface area contributed by atoms with E-state index in [0.717, 1.165) is 49.4 Å². The molecule has 0 saturated carbocycles. The minimum atomic E-state index is -0.380. The summed E-state index contributed by atoms with van der Waals surface area (Å²) >= 11 is 0. The van der Waals surface area contributed by atoms with E-state index in [2.05, 4.69) is 16.5 Å². The maximum absolute atomic E-state index is 13.2. The number of hydrogen-bond donors (Lipinski definition) is 0. The average Bonchev–Trinajstić information content (AvgIpc) is 3.34.